The molecule has 21 heavy (non-hydrogen) atoms. The molecule has 4 nitrogen and oxygen atoms in total. The van der Waals surface area contributed by atoms with E-state index in [0.717, 1.165) is 12.1 Å². The van der Waals surface area contributed by atoms with Crippen molar-refractivity contribution >= 4 is 10.0 Å². The highest BCUT2D eigenvalue weighted by Gasteiger charge is 2.30. The minimum absolute atomic E-state index is 0.0812. The normalized spacial score (nSPS) is 12.2. The van der Waals surface area contributed by atoms with Gasteiger partial charge in [0.1, 0.15) is 11.5 Å². The fourth-order valence-corrected chi connectivity index (χ4v) is 2.06. The van der Waals surface area contributed by atoms with E-state index in [0.29, 0.717) is 0 Å². The maximum absolute atomic E-state index is 12.4. The first kappa shape index (κ1) is 15.3. The molecule has 0 spiro atoms. The SMILES string of the molecule is NS(=O)(=O)c1ccc(Oc2ccc(C(F)(F)F)cc2)cc1. The summed E-state index contributed by atoms with van der Waals surface area (Å²) in [5.41, 5.74) is -0.778. The summed E-state index contributed by atoms with van der Waals surface area (Å²) in [5.74, 6) is 0.480. The number of rotatable bonds is 3. The predicted molar refractivity (Wildman–Crippen MR) is 69.3 cm³/mol. The van der Waals surface area contributed by atoms with E-state index < -0.39 is 21.8 Å². The summed E-state index contributed by atoms with van der Waals surface area (Å²) in [6, 6.07) is 9.35. The van der Waals surface area contributed by atoms with E-state index >= 15 is 0 Å². The van der Waals surface area contributed by atoms with Gasteiger partial charge in [-0.05, 0) is 48.5 Å². The molecule has 0 amide bonds. The van der Waals surface area contributed by atoms with Crippen molar-refractivity contribution < 1.29 is 26.3 Å². The highest BCUT2D eigenvalue weighted by molar-refractivity contribution is 7.89. The summed E-state index contributed by atoms with van der Waals surface area (Å²) in [7, 11) is -3.79. The lowest BCUT2D eigenvalue weighted by Gasteiger charge is -2.09. The minimum Gasteiger partial charge on any atom is -0.457 e. The van der Waals surface area contributed by atoms with E-state index in [2.05, 4.69) is 0 Å². The zero-order valence-electron chi connectivity index (χ0n) is 10.5. The summed E-state index contributed by atoms with van der Waals surface area (Å²) in [6.07, 6.45) is -4.41. The van der Waals surface area contributed by atoms with E-state index in [-0.39, 0.29) is 16.4 Å². The number of primary sulfonamides is 1. The van der Waals surface area contributed by atoms with Gasteiger partial charge in [0.25, 0.3) is 0 Å². The molecule has 0 fully saturated rings. The van der Waals surface area contributed by atoms with Gasteiger partial charge in [-0.3, -0.25) is 0 Å². The first-order valence-electron chi connectivity index (χ1n) is 5.64. The molecule has 112 valence electrons. The average molecular weight is 317 g/mol. The molecule has 0 aliphatic rings. The molecule has 2 N–H and O–H groups in total. The van der Waals surface area contributed by atoms with Gasteiger partial charge in [-0.25, -0.2) is 13.6 Å². The molecular weight excluding hydrogens is 307 g/mol. The van der Waals surface area contributed by atoms with Crippen molar-refractivity contribution in [3.8, 4) is 11.5 Å². The van der Waals surface area contributed by atoms with Crippen LogP contribution in [0.4, 0.5) is 13.2 Å². The molecule has 0 unspecified atom stereocenters. The fraction of sp³-hybridized carbons (Fsp3) is 0.0769. The Morgan fingerprint density at radius 2 is 1.29 bits per heavy atom. The van der Waals surface area contributed by atoms with Crippen LogP contribution in [0.5, 0.6) is 11.5 Å². The van der Waals surface area contributed by atoms with E-state index in [1.54, 1.807) is 0 Å². The zero-order valence-corrected chi connectivity index (χ0v) is 11.3. The molecule has 0 aliphatic carbocycles. The molecule has 0 bridgehead atoms. The first-order chi connectivity index (χ1) is 9.66. The maximum Gasteiger partial charge on any atom is 0.416 e. The molecule has 0 heterocycles. The average Bonchev–Trinajstić information content (AvgIpc) is 2.38. The number of alkyl halides is 3. The Morgan fingerprint density at radius 1 is 0.857 bits per heavy atom. The Labute approximate surface area is 119 Å². The monoisotopic (exact) mass is 317 g/mol. The van der Waals surface area contributed by atoms with E-state index in [1.807, 2.05) is 0 Å². The molecule has 0 saturated carbocycles. The Hall–Kier alpha value is -2.06. The van der Waals surface area contributed by atoms with Crippen LogP contribution in [0.3, 0.4) is 0 Å². The highest BCUT2D eigenvalue weighted by atomic mass is 32.2. The Morgan fingerprint density at radius 3 is 1.67 bits per heavy atom. The Bertz CT molecular complexity index is 723. The van der Waals surface area contributed by atoms with E-state index in [4.69, 9.17) is 9.88 Å². The molecular formula is C13H10F3NO3S. The van der Waals surface area contributed by atoms with E-state index in [9.17, 15) is 21.6 Å². The lowest BCUT2D eigenvalue weighted by Crippen LogP contribution is -2.11. The molecule has 2 rings (SSSR count). The van der Waals surface area contributed by atoms with Gasteiger partial charge in [-0.1, -0.05) is 0 Å². The van der Waals surface area contributed by atoms with Crippen molar-refractivity contribution in [2.75, 3.05) is 0 Å². The number of ether oxygens (including phenoxy) is 1. The number of benzene rings is 2. The summed E-state index contributed by atoms with van der Waals surface area (Å²) in [6.45, 7) is 0. The summed E-state index contributed by atoms with van der Waals surface area (Å²) in [5, 5.41) is 4.94. The lowest BCUT2D eigenvalue weighted by atomic mass is 10.2. The number of hydrogen-bond acceptors (Lipinski definition) is 3. The molecule has 8 heteroatoms. The molecule has 0 aliphatic heterocycles. The standard InChI is InChI=1S/C13H10F3NO3S/c14-13(15,16)9-1-3-10(4-2-9)20-11-5-7-12(8-6-11)21(17,18)19/h1-8H,(H2,17,18,19). The number of halogens is 3. The number of nitrogens with two attached hydrogens (primary N) is 1. The third kappa shape index (κ3) is 3.96. The van der Waals surface area contributed by atoms with Crippen molar-refractivity contribution in [2.24, 2.45) is 5.14 Å². The van der Waals surface area contributed by atoms with Crippen molar-refractivity contribution in [3.63, 3.8) is 0 Å². The molecule has 0 atom stereocenters. The molecule has 0 radical (unpaired) electrons. The van der Waals surface area contributed by atoms with Gasteiger partial charge in [-0.15, -0.1) is 0 Å². The van der Waals surface area contributed by atoms with Crippen molar-refractivity contribution in [3.05, 3.63) is 54.1 Å². The van der Waals surface area contributed by atoms with Gasteiger partial charge in [0, 0.05) is 0 Å². The van der Waals surface area contributed by atoms with Crippen molar-refractivity contribution in [1.82, 2.24) is 0 Å². The van der Waals surface area contributed by atoms with Gasteiger partial charge < -0.3 is 4.74 Å². The Balaban J connectivity index is 2.15. The molecule has 2 aromatic carbocycles. The van der Waals surface area contributed by atoms with Crippen LogP contribution in [0.25, 0.3) is 0 Å². The van der Waals surface area contributed by atoms with Crippen LogP contribution in [-0.2, 0) is 16.2 Å². The largest absolute Gasteiger partial charge is 0.457 e. The molecule has 2 aromatic rings. The van der Waals surface area contributed by atoms with Crippen LogP contribution < -0.4 is 9.88 Å². The van der Waals surface area contributed by atoms with Gasteiger partial charge in [0.05, 0.1) is 10.5 Å². The molecule has 0 saturated heterocycles. The third-order valence-corrected chi connectivity index (χ3v) is 3.50. The topological polar surface area (TPSA) is 69.4 Å². The maximum atomic E-state index is 12.4. The summed E-state index contributed by atoms with van der Waals surface area (Å²) < 4.78 is 64.6. The minimum atomic E-state index is -4.41. The van der Waals surface area contributed by atoms with Gasteiger partial charge in [0.15, 0.2) is 0 Å². The fourth-order valence-electron chi connectivity index (χ4n) is 1.55. The lowest BCUT2D eigenvalue weighted by molar-refractivity contribution is -0.137. The van der Waals surface area contributed by atoms with E-state index in [1.165, 1.54) is 36.4 Å². The van der Waals surface area contributed by atoms with Crippen LogP contribution in [0.2, 0.25) is 0 Å². The van der Waals surface area contributed by atoms with Crippen LogP contribution in [0.1, 0.15) is 5.56 Å². The van der Waals surface area contributed by atoms with Crippen molar-refractivity contribution in [1.29, 1.82) is 0 Å². The quantitative estimate of drug-likeness (QED) is 0.945. The third-order valence-electron chi connectivity index (χ3n) is 2.57. The van der Waals surface area contributed by atoms with Gasteiger partial charge in [0.2, 0.25) is 10.0 Å². The second-order valence-electron chi connectivity index (χ2n) is 4.14. The van der Waals surface area contributed by atoms with Crippen molar-refractivity contribution in [2.45, 2.75) is 11.1 Å². The number of hydrogen-bond donors (Lipinski definition) is 1. The zero-order chi connectivity index (χ0) is 15.7. The smallest absolute Gasteiger partial charge is 0.416 e. The van der Waals surface area contributed by atoms with Crippen LogP contribution >= 0.6 is 0 Å². The predicted octanol–water partition coefficient (Wildman–Crippen LogP) is 3.15. The second-order valence-corrected chi connectivity index (χ2v) is 5.70. The first-order valence-corrected chi connectivity index (χ1v) is 7.19. The van der Waals surface area contributed by atoms with Crippen LogP contribution in [0, 0.1) is 0 Å². The molecule has 0 aromatic heterocycles. The van der Waals surface area contributed by atoms with Gasteiger partial charge >= 0.3 is 6.18 Å². The summed E-state index contributed by atoms with van der Waals surface area (Å²) >= 11 is 0. The summed E-state index contributed by atoms with van der Waals surface area (Å²) in [4.78, 5) is -0.0812. The number of sulfonamides is 1. The van der Waals surface area contributed by atoms with Crippen LogP contribution in [-0.4, -0.2) is 8.42 Å². The second kappa shape index (κ2) is 5.38. The highest BCUT2D eigenvalue weighted by Crippen LogP contribution is 2.31. The Kier molecular flexibility index (Phi) is 3.93. The van der Waals surface area contributed by atoms with Gasteiger partial charge in [-0.2, -0.15) is 13.2 Å². The van der Waals surface area contributed by atoms with Crippen LogP contribution in [0.15, 0.2) is 53.4 Å².